The number of hydrogen-bond donors (Lipinski definition) is 1. The first kappa shape index (κ1) is 19.9. The van der Waals surface area contributed by atoms with E-state index in [1.165, 1.54) is 17.5 Å². The largest absolute Gasteiger partial charge is 0.352 e. The van der Waals surface area contributed by atoms with Crippen LogP contribution in [-0.4, -0.2) is 35.8 Å². The molecule has 4 nitrogen and oxygen atoms in total. The van der Waals surface area contributed by atoms with E-state index >= 15 is 0 Å². The summed E-state index contributed by atoms with van der Waals surface area (Å²) in [7, 11) is 0. The van der Waals surface area contributed by atoms with E-state index in [1.54, 1.807) is 0 Å². The van der Waals surface area contributed by atoms with Crippen molar-refractivity contribution < 1.29 is 9.59 Å². The predicted octanol–water partition coefficient (Wildman–Crippen LogP) is 4.10. The van der Waals surface area contributed by atoms with Crippen molar-refractivity contribution in [1.29, 1.82) is 0 Å². The minimum atomic E-state index is -0.376. The topological polar surface area (TPSA) is 49.4 Å². The molecule has 1 saturated carbocycles. The van der Waals surface area contributed by atoms with E-state index in [1.807, 2.05) is 11.8 Å². The van der Waals surface area contributed by atoms with Gasteiger partial charge in [0.15, 0.2) is 0 Å². The van der Waals surface area contributed by atoms with Crippen molar-refractivity contribution in [3.63, 3.8) is 0 Å². The number of aryl methyl sites for hydroxylation is 1. The fourth-order valence-corrected chi connectivity index (χ4v) is 4.97. The normalized spacial score (nSPS) is 22.3. The zero-order valence-corrected chi connectivity index (χ0v) is 16.9. The Hall–Kier alpha value is -1.84. The van der Waals surface area contributed by atoms with Crippen molar-refractivity contribution in [2.24, 2.45) is 0 Å². The number of nitrogens with zero attached hydrogens (tertiary/aromatic N) is 1. The third-order valence-corrected chi connectivity index (χ3v) is 6.33. The Bertz CT molecular complexity index is 664. The second-order valence-corrected chi connectivity index (χ2v) is 8.37. The van der Waals surface area contributed by atoms with E-state index in [4.69, 9.17) is 0 Å². The molecule has 1 aliphatic carbocycles. The van der Waals surface area contributed by atoms with Crippen molar-refractivity contribution in [2.45, 2.75) is 83.1 Å². The summed E-state index contributed by atoms with van der Waals surface area (Å²) in [5, 5.41) is 3.14. The Kier molecular flexibility index (Phi) is 6.56. The zero-order valence-electron chi connectivity index (χ0n) is 16.9. The van der Waals surface area contributed by atoms with Gasteiger partial charge in [0.1, 0.15) is 0 Å². The molecule has 2 aliphatic rings. The Morgan fingerprint density at radius 3 is 2.59 bits per heavy atom. The fraction of sp³-hybridized carbons (Fsp3) is 0.652. The molecule has 1 aliphatic heterocycles. The Labute approximate surface area is 163 Å². The predicted molar refractivity (Wildman–Crippen MR) is 109 cm³/mol. The molecule has 1 heterocycles. The van der Waals surface area contributed by atoms with Gasteiger partial charge in [0.05, 0.1) is 5.41 Å². The number of rotatable bonds is 5. The molecule has 2 fully saturated rings. The van der Waals surface area contributed by atoms with Gasteiger partial charge in [-0.1, -0.05) is 50.5 Å². The van der Waals surface area contributed by atoms with Crippen LogP contribution in [0.4, 0.5) is 0 Å². The number of nitrogens with one attached hydrogen (secondary N) is 1. The van der Waals surface area contributed by atoms with Crippen LogP contribution in [0, 0.1) is 6.92 Å². The zero-order chi connectivity index (χ0) is 19.3. The molecular formula is C23H34N2O2. The Balaban J connectivity index is 1.80. The molecule has 3 rings (SSSR count). The second kappa shape index (κ2) is 8.90. The fourth-order valence-electron chi connectivity index (χ4n) is 4.97. The summed E-state index contributed by atoms with van der Waals surface area (Å²) in [5.41, 5.74) is 2.06. The molecule has 1 atom stereocenters. The van der Waals surface area contributed by atoms with Crippen LogP contribution in [0.25, 0.3) is 0 Å². The first-order valence-corrected chi connectivity index (χ1v) is 10.7. The number of carbonyl (C=O) groups is 2. The lowest BCUT2D eigenvalue weighted by atomic mass is 9.67. The number of likely N-dealkylation sites (tertiary alicyclic amines) is 1. The third-order valence-electron chi connectivity index (χ3n) is 6.33. The average molecular weight is 371 g/mol. The number of benzene rings is 1. The van der Waals surface area contributed by atoms with Crippen LogP contribution in [0.2, 0.25) is 0 Å². The Morgan fingerprint density at radius 2 is 1.89 bits per heavy atom. The molecule has 0 bridgehead atoms. The SMILES string of the molecule is CCCC(=O)NC1CCCN(C(=O)C2(c3ccccc3C)CCCCC2)C1. The smallest absolute Gasteiger partial charge is 0.233 e. The highest BCUT2D eigenvalue weighted by Gasteiger charge is 2.45. The van der Waals surface area contributed by atoms with Crippen LogP contribution in [0.5, 0.6) is 0 Å². The minimum absolute atomic E-state index is 0.0965. The van der Waals surface area contributed by atoms with Gasteiger partial charge in [0, 0.05) is 25.6 Å². The van der Waals surface area contributed by atoms with Gasteiger partial charge in [-0.3, -0.25) is 9.59 Å². The summed E-state index contributed by atoms with van der Waals surface area (Å²) in [5.74, 6) is 0.397. The molecule has 148 valence electrons. The van der Waals surface area contributed by atoms with Crippen molar-refractivity contribution in [2.75, 3.05) is 13.1 Å². The molecule has 1 aromatic rings. The summed E-state index contributed by atoms with van der Waals surface area (Å²) >= 11 is 0. The molecular weight excluding hydrogens is 336 g/mol. The van der Waals surface area contributed by atoms with Crippen molar-refractivity contribution in [1.82, 2.24) is 10.2 Å². The molecule has 0 spiro atoms. The van der Waals surface area contributed by atoms with Crippen LogP contribution in [0.3, 0.4) is 0 Å². The summed E-state index contributed by atoms with van der Waals surface area (Å²) in [6.45, 7) is 5.61. The van der Waals surface area contributed by atoms with Gasteiger partial charge < -0.3 is 10.2 Å². The molecule has 1 N–H and O–H groups in total. The van der Waals surface area contributed by atoms with Gasteiger partial charge in [-0.15, -0.1) is 0 Å². The van der Waals surface area contributed by atoms with Crippen molar-refractivity contribution >= 4 is 11.8 Å². The van der Waals surface area contributed by atoms with Crippen molar-refractivity contribution in [3.8, 4) is 0 Å². The quantitative estimate of drug-likeness (QED) is 0.848. The first-order chi connectivity index (χ1) is 13.1. The lowest BCUT2D eigenvalue weighted by Crippen LogP contribution is -2.55. The van der Waals surface area contributed by atoms with E-state index in [-0.39, 0.29) is 23.3 Å². The average Bonchev–Trinajstić information content (AvgIpc) is 2.68. The second-order valence-electron chi connectivity index (χ2n) is 8.37. The van der Waals surface area contributed by atoms with Gasteiger partial charge in [-0.05, 0) is 50.2 Å². The number of hydrogen-bond acceptors (Lipinski definition) is 2. The summed E-state index contributed by atoms with van der Waals surface area (Å²) in [4.78, 5) is 27.8. The molecule has 0 radical (unpaired) electrons. The van der Waals surface area contributed by atoms with Crippen LogP contribution in [0.15, 0.2) is 24.3 Å². The molecule has 2 amide bonds. The molecule has 27 heavy (non-hydrogen) atoms. The van der Waals surface area contributed by atoms with E-state index in [2.05, 4.69) is 36.5 Å². The number of amides is 2. The van der Waals surface area contributed by atoms with Gasteiger partial charge in [0.2, 0.25) is 11.8 Å². The van der Waals surface area contributed by atoms with Crippen LogP contribution in [0.1, 0.15) is 75.8 Å². The summed E-state index contributed by atoms with van der Waals surface area (Å²) in [6, 6.07) is 8.50. The molecule has 1 saturated heterocycles. The van der Waals surface area contributed by atoms with Crippen LogP contribution < -0.4 is 5.32 Å². The van der Waals surface area contributed by atoms with E-state index in [0.29, 0.717) is 13.0 Å². The monoisotopic (exact) mass is 370 g/mol. The summed E-state index contributed by atoms with van der Waals surface area (Å²) in [6.07, 6.45) is 8.70. The van der Waals surface area contributed by atoms with Crippen molar-refractivity contribution in [3.05, 3.63) is 35.4 Å². The molecule has 1 unspecified atom stereocenters. The van der Waals surface area contributed by atoms with E-state index in [0.717, 1.165) is 51.5 Å². The number of piperidine rings is 1. The highest BCUT2D eigenvalue weighted by atomic mass is 16.2. The van der Waals surface area contributed by atoms with Gasteiger partial charge >= 0.3 is 0 Å². The third kappa shape index (κ3) is 4.36. The maximum Gasteiger partial charge on any atom is 0.233 e. The minimum Gasteiger partial charge on any atom is -0.352 e. The van der Waals surface area contributed by atoms with Gasteiger partial charge in [-0.2, -0.15) is 0 Å². The molecule has 4 heteroatoms. The van der Waals surface area contributed by atoms with Gasteiger partial charge in [0.25, 0.3) is 0 Å². The first-order valence-electron chi connectivity index (χ1n) is 10.7. The van der Waals surface area contributed by atoms with E-state index in [9.17, 15) is 9.59 Å². The highest BCUT2D eigenvalue weighted by molar-refractivity contribution is 5.89. The summed E-state index contributed by atoms with van der Waals surface area (Å²) < 4.78 is 0. The Morgan fingerprint density at radius 1 is 1.15 bits per heavy atom. The van der Waals surface area contributed by atoms with E-state index < -0.39 is 0 Å². The number of carbonyl (C=O) groups excluding carboxylic acids is 2. The maximum absolute atomic E-state index is 13.8. The maximum atomic E-state index is 13.8. The van der Waals surface area contributed by atoms with Gasteiger partial charge in [-0.25, -0.2) is 0 Å². The molecule has 1 aromatic carbocycles. The lowest BCUT2D eigenvalue weighted by molar-refractivity contribution is -0.141. The standard InChI is InChI=1S/C23H34N2O2/c1-3-10-21(26)24-19-12-9-16-25(17-19)22(27)23(14-7-4-8-15-23)20-13-6-5-11-18(20)2/h5-6,11,13,19H,3-4,7-10,12,14-17H2,1-2H3,(H,24,26). The van der Waals surface area contributed by atoms with Crippen LogP contribution in [-0.2, 0) is 15.0 Å². The van der Waals surface area contributed by atoms with Crippen LogP contribution >= 0.6 is 0 Å². The highest BCUT2D eigenvalue weighted by Crippen LogP contribution is 2.42. The molecule has 0 aromatic heterocycles. The lowest BCUT2D eigenvalue weighted by Gasteiger charge is -2.43.